The van der Waals surface area contributed by atoms with Crippen LogP contribution in [0.5, 0.6) is 0 Å². The summed E-state index contributed by atoms with van der Waals surface area (Å²) in [4.78, 5) is 2.69. The lowest BCUT2D eigenvalue weighted by atomic mass is 10.0. The van der Waals surface area contributed by atoms with Crippen LogP contribution in [0.1, 0.15) is 45.4 Å². The van der Waals surface area contributed by atoms with Gasteiger partial charge in [-0.25, -0.2) is 0 Å². The van der Waals surface area contributed by atoms with Gasteiger partial charge >= 0.3 is 0 Å². The second kappa shape index (κ2) is 5.25. The molecule has 1 N–H and O–H groups in total. The molecule has 0 spiro atoms. The van der Waals surface area contributed by atoms with Gasteiger partial charge in [-0.3, -0.25) is 0 Å². The van der Waals surface area contributed by atoms with Crippen molar-refractivity contribution in [2.75, 3.05) is 19.6 Å². The van der Waals surface area contributed by atoms with Gasteiger partial charge in [0.25, 0.3) is 0 Å². The van der Waals surface area contributed by atoms with Gasteiger partial charge in [-0.15, -0.1) is 0 Å². The third-order valence-electron chi connectivity index (χ3n) is 4.55. The highest BCUT2D eigenvalue weighted by Crippen LogP contribution is 2.29. The van der Waals surface area contributed by atoms with Gasteiger partial charge in [-0.2, -0.15) is 0 Å². The molecule has 0 aromatic carbocycles. The molecule has 1 aliphatic carbocycles. The Hall–Kier alpha value is -0.120. The molecular weight excluding hydrogens is 212 g/mol. The molecule has 2 unspecified atom stereocenters. The molecule has 0 radical (unpaired) electrons. The van der Waals surface area contributed by atoms with Crippen LogP contribution in [0.2, 0.25) is 0 Å². The van der Waals surface area contributed by atoms with E-state index in [0.29, 0.717) is 12.2 Å². The molecule has 2 saturated heterocycles. The van der Waals surface area contributed by atoms with Crippen LogP contribution in [0.15, 0.2) is 0 Å². The van der Waals surface area contributed by atoms with Crippen LogP contribution in [0.3, 0.4) is 0 Å². The Labute approximate surface area is 105 Å². The monoisotopic (exact) mass is 238 g/mol. The normalized spacial score (nSPS) is 36.5. The quantitative estimate of drug-likeness (QED) is 0.808. The van der Waals surface area contributed by atoms with Gasteiger partial charge in [0.1, 0.15) is 0 Å². The molecule has 3 rings (SSSR count). The van der Waals surface area contributed by atoms with Crippen molar-refractivity contribution in [1.82, 2.24) is 10.2 Å². The van der Waals surface area contributed by atoms with E-state index in [1.807, 2.05) is 0 Å². The van der Waals surface area contributed by atoms with Gasteiger partial charge in [0.15, 0.2) is 0 Å². The first kappa shape index (κ1) is 11.9. The molecular formula is C14H26N2O. The molecule has 3 nitrogen and oxygen atoms in total. The van der Waals surface area contributed by atoms with Gasteiger partial charge in [0, 0.05) is 18.6 Å². The minimum atomic E-state index is 0.478. The summed E-state index contributed by atoms with van der Waals surface area (Å²) in [6.07, 6.45) is 9.02. The first-order valence-corrected chi connectivity index (χ1v) is 7.44. The molecule has 98 valence electrons. The number of ether oxygens (including phenoxy) is 1. The molecule has 2 atom stereocenters. The highest BCUT2D eigenvalue weighted by Gasteiger charge is 2.32. The summed E-state index contributed by atoms with van der Waals surface area (Å²) in [6, 6.07) is 1.69. The molecule has 2 aliphatic heterocycles. The first-order chi connectivity index (χ1) is 8.31. The van der Waals surface area contributed by atoms with Crippen LogP contribution in [-0.2, 0) is 4.74 Å². The van der Waals surface area contributed by atoms with E-state index in [0.717, 1.165) is 18.6 Å². The number of rotatable bonds is 4. The van der Waals surface area contributed by atoms with E-state index >= 15 is 0 Å². The minimum absolute atomic E-state index is 0.478. The number of hydrogen-bond donors (Lipinski definition) is 1. The first-order valence-electron chi connectivity index (χ1n) is 7.44. The van der Waals surface area contributed by atoms with Crippen LogP contribution in [0, 0.1) is 0 Å². The van der Waals surface area contributed by atoms with E-state index < -0.39 is 0 Å². The predicted octanol–water partition coefficient (Wildman–Crippen LogP) is 1.77. The smallest absolute Gasteiger partial charge is 0.0704 e. The van der Waals surface area contributed by atoms with Gasteiger partial charge in [-0.1, -0.05) is 0 Å². The molecule has 3 heteroatoms. The third-order valence-corrected chi connectivity index (χ3v) is 4.55. The average Bonchev–Trinajstić information content (AvgIpc) is 3.11. The zero-order valence-electron chi connectivity index (χ0n) is 11.0. The Morgan fingerprint density at radius 3 is 2.41 bits per heavy atom. The van der Waals surface area contributed by atoms with Gasteiger partial charge in [0.2, 0.25) is 0 Å². The fraction of sp³-hybridized carbons (Fsp3) is 1.00. The molecule has 1 saturated carbocycles. The maximum atomic E-state index is 5.85. The largest absolute Gasteiger partial charge is 0.374 e. The zero-order chi connectivity index (χ0) is 11.7. The maximum absolute atomic E-state index is 5.85. The molecule has 3 fully saturated rings. The van der Waals surface area contributed by atoms with Gasteiger partial charge < -0.3 is 15.0 Å². The Kier molecular flexibility index (Phi) is 3.69. The summed E-state index contributed by atoms with van der Waals surface area (Å²) < 4.78 is 5.85. The van der Waals surface area contributed by atoms with Crippen molar-refractivity contribution in [1.29, 1.82) is 0 Å². The van der Waals surface area contributed by atoms with Crippen molar-refractivity contribution >= 4 is 0 Å². The second-order valence-corrected chi connectivity index (χ2v) is 6.10. The zero-order valence-corrected chi connectivity index (χ0v) is 11.0. The lowest BCUT2D eigenvalue weighted by Gasteiger charge is -2.33. The van der Waals surface area contributed by atoms with Crippen molar-refractivity contribution in [3.63, 3.8) is 0 Å². The number of nitrogens with one attached hydrogen (secondary N) is 1. The fourth-order valence-corrected chi connectivity index (χ4v) is 3.24. The molecule has 0 aromatic heterocycles. The molecule has 0 amide bonds. The third kappa shape index (κ3) is 3.21. The summed E-state index contributed by atoms with van der Waals surface area (Å²) in [5.74, 6) is 0. The van der Waals surface area contributed by atoms with Crippen LogP contribution in [-0.4, -0.2) is 48.8 Å². The van der Waals surface area contributed by atoms with Crippen molar-refractivity contribution in [3.8, 4) is 0 Å². The summed E-state index contributed by atoms with van der Waals surface area (Å²) in [5.41, 5.74) is 0. The lowest BCUT2D eigenvalue weighted by Crippen LogP contribution is -2.45. The van der Waals surface area contributed by atoms with Crippen LogP contribution in [0.4, 0.5) is 0 Å². The SMILES string of the molecule is CC1CCC(CNC2CCN(C3CC3)CC2)O1. The van der Waals surface area contributed by atoms with E-state index in [1.165, 1.54) is 51.6 Å². The summed E-state index contributed by atoms with van der Waals surface area (Å²) >= 11 is 0. The van der Waals surface area contributed by atoms with E-state index in [1.54, 1.807) is 0 Å². The molecule has 0 bridgehead atoms. The fourth-order valence-electron chi connectivity index (χ4n) is 3.24. The van der Waals surface area contributed by atoms with Crippen molar-refractivity contribution in [3.05, 3.63) is 0 Å². The standard InChI is InChI=1S/C14H26N2O/c1-11-2-5-14(17-11)10-15-12-6-8-16(9-7-12)13-3-4-13/h11-15H,2-10H2,1H3. The van der Waals surface area contributed by atoms with Crippen LogP contribution < -0.4 is 5.32 Å². The molecule has 17 heavy (non-hydrogen) atoms. The minimum Gasteiger partial charge on any atom is -0.374 e. The Bertz CT molecular complexity index is 247. The summed E-state index contributed by atoms with van der Waals surface area (Å²) in [5, 5.41) is 3.71. The summed E-state index contributed by atoms with van der Waals surface area (Å²) in [7, 11) is 0. The predicted molar refractivity (Wildman–Crippen MR) is 69.2 cm³/mol. The number of hydrogen-bond acceptors (Lipinski definition) is 3. The Balaban J connectivity index is 1.33. The number of piperidine rings is 1. The maximum Gasteiger partial charge on any atom is 0.0704 e. The van der Waals surface area contributed by atoms with E-state index in [4.69, 9.17) is 4.74 Å². The van der Waals surface area contributed by atoms with Crippen molar-refractivity contribution in [2.45, 2.75) is 69.7 Å². The highest BCUT2D eigenvalue weighted by molar-refractivity contribution is 4.89. The molecule has 0 aromatic rings. The van der Waals surface area contributed by atoms with Gasteiger partial charge in [-0.05, 0) is 58.5 Å². The molecule has 2 heterocycles. The number of nitrogens with zero attached hydrogens (tertiary/aromatic N) is 1. The number of likely N-dealkylation sites (tertiary alicyclic amines) is 1. The van der Waals surface area contributed by atoms with E-state index in [2.05, 4.69) is 17.1 Å². The Morgan fingerprint density at radius 1 is 1.06 bits per heavy atom. The van der Waals surface area contributed by atoms with Crippen molar-refractivity contribution < 1.29 is 4.74 Å². The topological polar surface area (TPSA) is 24.5 Å². The van der Waals surface area contributed by atoms with E-state index in [-0.39, 0.29) is 0 Å². The molecule has 3 aliphatic rings. The van der Waals surface area contributed by atoms with Crippen molar-refractivity contribution in [2.24, 2.45) is 0 Å². The second-order valence-electron chi connectivity index (χ2n) is 6.10. The summed E-state index contributed by atoms with van der Waals surface area (Å²) in [6.45, 7) is 5.88. The highest BCUT2D eigenvalue weighted by atomic mass is 16.5. The average molecular weight is 238 g/mol. The van der Waals surface area contributed by atoms with E-state index in [9.17, 15) is 0 Å². The lowest BCUT2D eigenvalue weighted by molar-refractivity contribution is 0.0521. The Morgan fingerprint density at radius 2 is 1.82 bits per heavy atom. The van der Waals surface area contributed by atoms with Gasteiger partial charge in [0.05, 0.1) is 12.2 Å². The van der Waals surface area contributed by atoms with Crippen LogP contribution >= 0.6 is 0 Å². The van der Waals surface area contributed by atoms with Crippen LogP contribution in [0.25, 0.3) is 0 Å².